The SMILES string of the molecule is COc1cc(C2C(C#N)=C(N)Oc3cc(OC(=O)COc4ccc(Cl)cc4Cl)ccc32)ccc1OCc1ccccc1. The van der Waals surface area contributed by atoms with Gasteiger partial charge in [0.2, 0.25) is 5.88 Å². The van der Waals surface area contributed by atoms with Crippen LogP contribution in [0.4, 0.5) is 0 Å². The molecule has 0 aromatic heterocycles. The number of nitriles is 1. The fourth-order valence-electron chi connectivity index (χ4n) is 4.45. The van der Waals surface area contributed by atoms with Gasteiger partial charge in [0, 0.05) is 16.7 Å². The molecule has 8 nitrogen and oxygen atoms in total. The number of benzene rings is 4. The number of halogens is 2. The van der Waals surface area contributed by atoms with Gasteiger partial charge in [-0.3, -0.25) is 0 Å². The number of hydrogen-bond donors (Lipinski definition) is 1. The average molecular weight is 603 g/mol. The maximum Gasteiger partial charge on any atom is 0.349 e. The van der Waals surface area contributed by atoms with Gasteiger partial charge in [-0.05, 0) is 47.5 Å². The maximum absolute atomic E-state index is 12.5. The highest BCUT2D eigenvalue weighted by Gasteiger charge is 2.32. The van der Waals surface area contributed by atoms with E-state index in [1.54, 1.807) is 43.5 Å². The van der Waals surface area contributed by atoms with E-state index in [9.17, 15) is 10.1 Å². The number of carbonyl (C=O) groups excluding carboxylic acids is 1. The molecule has 1 atom stereocenters. The lowest BCUT2D eigenvalue weighted by atomic mass is 9.83. The van der Waals surface area contributed by atoms with E-state index in [1.165, 1.54) is 12.1 Å². The van der Waals surface area contributed by atoms with Crippen LogP contribution in [0, 0.1) is 11.3 Å². The smallest absolute Gasteiger partial charge is 0.349 e. The summed E-state index contributed by atoms with van der Waals surface area (Å²) in [6.07, 6.45) is 0. The Morgan fingerprint density at radius 1 is 0.952 bits per heavy atom. The molecule has 0 saturated carbocycles. The lowest BCUT2D eigenvalue weighted by Crippen LogP contribution is -2.22. The van der Waals surface area contributed by atoms with Crippen molar-refractivity contribution in [1.82, 2.24) is 0 Å². The van der Waals surface area contributed by atoms with Gasteiger partial charge in [0.05, 0.1) is 18.1 Å². The summed E-state index contributed by atoms with van der Waals surface area (Å²) in [7, 11) is 1.55. The summed E-state index contributed by atoms with van der Waals surface area (Å²) in [4.78, 5) is 12.5. The van der Waals surface area contributed by atoms with E-state index in [-0.39, 0.29) is 28.8 Å². The van der Waals surface area contributed by atoms with Gasteiger partial charge in [0.15, 0.2) is 18.1 Å². The predicted molar refractivity (Wildman–Crippen MR) is 157 cm³/mol. The molecule has 0 amide bonds. The van der Waals surface area contributed by atoms with Crippen LogP contribution in [0.3, 0.4) is 0 Å². The van der Waals surface area contributed by atoms with Gasteiger partial charge >= 0.3 is 5.97 Å². The third-order valence-corrected chi connectivity index (χ3v) is 6.95. The van der Waals surface area contributed by atoms with Gasteiger partial charge < -0.3 is 29.4 Å². The van der Waals surface area contributed by atoms with Crippen molar-refractivity contribution in [1.29, 1.82) is 5.26 Å². The van der Waals surface area contributed by atoms with E-state index < -0.39 is 11.9 Å². The number of allylic oxidation sites excluding steroid dienone is 1. The number of carbonyl (C=O) groups is 1. The fraction of sp³-hybridized carbons (Fsp3) is 0.125. The highest BCUT2D eigenvalue weighted by atomic mass is 35.5. The normalized spacial score (nSPS) is 13.8. The van der Waals surface area contributed by atoms with Crippen molar-refractivity contribution in [3.8, 4) is 34.8 Å². The highest BCUT2D eigenvalue weighted by molar-refractivity contribution is 6.35. The van der Waals surface area contributed by atoms with Gasteiger partial charge in [-0.1, -0.05) is 65.7 Å². The molecule has 4 aromatic carbocycles. The Labute approximate surface area is 252 Å². The number of ether oxygens (including phenoxy) is 5. The summed E-state index contributed by atoms with van der Waals surface area (Å²) < 4.78 is 28.2. The molecule has 0 aliphatic carbocycles. The molecule has 0 saturated heterocycles. The van der Waals surface area contributed by atoms with Crippen molar-refractivity contribution in [2.45, 2.75) is 12.5 Å². The molecule has 0 radical (unpaired) electrons. The number of hydrogen-bond acceptors (Lipinski definition) is 8. The Bertz CT molecular complexity index is 1700. The van der Waals surface area contributed by atoms with Crippen molar-refractivity contribution in [2.75, 3.05) is 13.7 Å². The number of methoxy groups -OCH3 is 1. The average Bonchev–Trinajstić information content (AvgIpc) is 2.99. The second-order valence-corrected chi connectivity index (χ2v) is 9.99. The van der Waals surface area contributed by atoms with Crippen LogP contribution in [-0.2, 0) is 11.4 Å². The minimum atomic E-state index is -0.662. The van der Waals surface area contributed by atoms with Crippen LogP contribution in [-0.4, -0.2) is 19.7 Å². The van der Waals surface area contributed by atoms with E-state index in [0.29, 0.717) is 40.2 Å². The summed E-state index contributed by atoms with van der Waals surface area (Å²) >= 11 is 12.0. The molecule has 10 heteroatoms. The number of rotatable bonds is 9. The number of esters is 1. The summed E-state index contributed by atoms with van der Waals surface area (Å²) in [5, 5.41) is 10.7. The van der Waals surface area contributed by atoms with Crippen molar-refractivity contribution < 1.29 is 28.5 Å². The number of fused-ring (bicyclic) bond motifs is 1. The zero-order valence-corrected chi connectivity index (χ0v) is 23.8. The standard InChI is InChI=1S/C32H24Cl2N2O6/c1-38-29-13-20(7-11-27(29)39-17-19-5-3-2-4-6-19)31-23-10-9-22(15-28(23)42-32(36)24(31)16-35)41-30(37)18-40-26-12-8-21(33)14-25(26)34/h2-15,31H,17-18,36H2,1H3. The van der Waals surface area contributed by atoms with E-state index in [2.05, 4.69) is 6.07 Å². The van der Waals surface area contributed by atoms with Crippen molar-refractivity contribution in [3.05, 3.63) is 123 Å². The quantitative estimate of drug-likeness (QED) is 0.165. The Morgan fingerprint density at radius 2 is 1.74 bits per heavy atom. The molecule has 0 bridgehead atoms. The molecule has 1 aliphatic heterocycles. The molecule has 1 heterocycles. The first-order valence-corrected chi connectivity index (χ1v) is 13.5. The van der Waals surface area contributed by atoms with Crippen LogP contribution < -0.4 is 29.4 Å². The van der Waals surface area contributed by atoms with Crippen LogP contribution in [0.1, 0.15) is 22.6 Å². The van der Waals surface area contributed by atoms with E-state index in [0.717, 1.165) is 11.1 Å². The zero-order valence-electron chi connectivity index (χ0n) is 22.3. The summed E-state index contributed by atoms with van der Waals surface area (Å²) in [5.41, 5.74) is 8.81. The lowest BCUT2D eigenvalue weighted by Gasteiger charge is -2.27. The summed E-state index contributed by atoms with van der Waals surface area (Å²) in [6, 6.07) is 26.9. The zero-order chi connectivity index (χ0) is 29.6. The molecule has 1 unspecified atom stereocenters. The Hall–Kier alpha value is -4.84. The van der Waals surface area contributed by atoms with Gasteiger partial charge in [0.1, 0.15) is 35.5 Å². The molecule has 4 aromatic rings. The fourth-order valence-corrected chi connectivity index (χ4v) is 4.91. The van der Waals surface area contributed by atoms with Crippen LogP contribution >= 0.6 is 23.2 Å². The van der Waals surface area contributed by atoms with E-state index >= 15 is 0 Å². The van der Waals surface area contributed by atoms with Crippen molar-refractivity contribution >= 4 is 29.2 Å². The molecule has 0 fully saturated rings. The number of nitrogens with zero attached hydrogens (tertiary/aromatic N) is 1. The summed E-state index contributed by atoms with van der Waals surface area (Å²) in [6.45, 7) is -0.0206. The largest absolute Gasteiger partial charge is 0.493 e. The summed E-state index contributed by atoms with van der Waals surface area (Å²) in [5.74, 6) is 0.619. The predicted octanol–water partition coefficient (Wildman–Crippen LogP) is 6.78. The Balaban J connectivity index is 1.35. The second-order valence-electron chi connectivity index (χ2n) is 9.15. The molecule has 1 aliphatic rings. The number of nitrogens with two attached hydrogens (primary N) is 1. The molecular formula is C32H24Cl2N2O6. The van der Waals surface area contributed by atoms with Crippen LogP contribution in [0.5, 0.6) is 28.7 Å². The van der Waals surface area contributed by atoms with Crippen molar-refractivity contribution in [3.63, 3.8) is 0 Å². The lowest BCUT2D eigenvalue weighted by molar-refractivity contribution is -0.136. The first kappa shape index (κ1) is 28.7. The topological polar surface area (TPSA) is 113 Å². The monoisotopic (exact) mass is 602 g/mol. The van der Waals surface area contributed by atoms with Crippen LogP contribution in [0.2, 0.25) is 10.0 Å². The van der Waals surface area contributed by atoms with E-state index in [1.807, 2.05) is 36.4 Å². The second kappa shape index (κ2) is 12.8. The molecule has 0 spiro atoms. The Morgan fingerprint density at radius 3 is 2.48 bits per heavy atom. The molecule has 42 heavy (non-hydrogen) atoms. The first-order chi connectivity index (χ1) is 20.4. The molecule has 212 valence electrons. The minimum Gasteiger partial charge on any atom is -0.493 e. The van der Waals surface area contributed by atoms with Gasteiger partial charge in [-0.2, -0.15) is 5.26 Å². The van der Waals surface area contributed by atoms with Gasteiger partial charge in [-0.15, -0.1) is 0 Å². The van der Waals surface area contributed by atoms with Crippen LogP contribution in [0.25, 0.3) is 0 Å². The van der Waals surface area contributed by atoms with Gasteiger partial charge in [-0.25, -0.2) is 4.79 Å². The molecular weight excluding hydrogens is 579 g/mol. The first-order valence-electron chi connectivity index (χ1n) is 12.7. The van der Waals surface area contributed by atoms with Gasteiger partial charge in [0.25, 0.3) is 0 Å². The minimum absolute atomic E-state index is 0.0532. The molecule has 2 N–H and O–H groups in total. The maximum atomic E-state index is 12.5. The van der Waals surface area contributed by atoms with Crippen LogP contribution in [0.15, 0.2) is 96.4 Å². The van der Waals surface area contributed by atoms with Crippen molar-refractivity contribution in [2.24, 2.45) is 5.73 Å². The van der Waals surface area contributed by atoms with E-state index in [4.69, 9.17) is 52.6 Å². The highest BCUT2D eigenvalue weighted by Crippen LogP contribution is 2.45. The molecule has 5 rings (SSSR count). The third kappa shape index (κ3) is 6.39. The Kier molecular flexibility index (Phi) is 8.72. The third-order valence-electron chi connectivity index (χ3n) is 6.42.